The average molecular weight is 586 g/mol. The molecule has 0 atom stereocenters. The van der Waals surface area contributed by atoms with Crippen LogP contribution in [0.5, 0.6) is 5.75 Å². The summed E-state index contributed by atoms with van der Waals surface area (Å²) < 4.78 is 199. The highest BCUT2D eigenvalue weighted by Gasteiger charge is 2.93. The lowest BCUT2D eigenvalue weighted by atomic mass is 9.80. The zero-order valence-corrected chi connectivity index (χ0v) is 20.7. The SMILES string of the molecule is CC(C)(C)c1ccc(OC(F)(F)C(F)(F)C(F)(F)C(F)(F)C(F)(F)C(F)(F)S(=O)(=O)O)c(C(C)(C)C)c1. The zero-order valence-electron chi connectivity index (χ0n) is 19.8. The fourth-order valence-corrected chi connectivity index (χ4v) is 3.25. The molecule has 0 spiro atoms. The Kier molecular flexibility index (Phi) is 7.89. The molecule has 0 radical (unpaired) electrons. The number of halogens is 12. The van der Waals surface area contributed by atoms with Gasteiger partial charge in [0.25, 0.3) is 0 Å². The van der Waals surface area contributed by atoms with Crippen molar-refractivity contribution in [3.8, 4) is 5.75 Å². The Morgan fingerprint density at radius 2 is 1.05 bits per heavy atom. The summed E-state index contributed by atoms with van der Waals surface area (Å²) in [4.78, 5) is 0. The van der Waals surface area contributed by atoms with Crippen LogP contribution < -0.4 is 4.74 Å². The van der Waals surface area contributed by atoms with Crippen LogP contribution in [-0.2, 0) is 20.9 Å². The van der Waals surface area contributed by atoms with E-state index >= 15 is 0 Å². The first-order valence-corrected chi connectivity index (χ1v) is 11.3. The second kappa shape index (κ2) is 8.81. The van der Waals surface area contributed by atoms with Gasteiger partial charge in [0, 0.05) is 5.56 Å². The van der Waals surface area contributed by atoms with Gasteiger partial charge in [0.1, 0.15) is 5.75 Å². The molecule has 1 aromatic carbocycles. The predicted molar refractivity (Wildman–Crippen MR) is 106 cm³/mol. The maximum absolute atomic E-state index is 14.3. The van der Waals surface area contributed by atoms with E-state index in [1.165, 1.54) is 20.8 Å². The summed E-state index contributed by atoms with van der Waals surface area (Å²) in [6.45, 7) is 8.92. The van der Waals surface area contributed by atoms with Gasteiger partial charge in [-0.3, -0.25) is 4.55 Å². The van der Waals surface area contributed by atoms with Crippen LogP contribution in [0, 0.1) is 0 Å². The maximum atomic E-state index is 14.3. The molecule has 4 nitrogen and oxygen atoms in total. The Labute approximate surface area is 203 Å². The smallest absolute Gasteiger partial charge is 0.428 e. The summed E-state index contributed by atoms with van der Waals surface area (Å²) in [5.74, 6) is -33.2. The molecule has 0 saturated carbocycles. The van der Waals surface area contributed by atoms with Crippen molar-refractivity contribution in [2.24, 2.45) is 0 Å². The monoisotopic (exact) mass is 586 g/mol. The molecule has 0 aromatic heterocycles. The topological polar surface area (TPSA) is 63.6 Å². The van der Waals surface area contributed by atoms with E-state index in [-0.39, 0.29) is 5.56 Å². The molecule has 0 aliphatic carbocycles. The fourth-order valence-electron chi connectivity index (χ4n) is 2.80. The van der Waals surface area contributed by atoms with Gasteiger partial charge < -0.3 is 4.74 Å². The van der Waals surface area contributed by atoms with E-state index in [1.54, 1.807) is 20.8 Å². The third-order valence-electron chi connectivity index (χ3n) is 5.13. The highest BCUT2D eigenvalue weighted by molar-refractivity contribution is 7.87. The molecular formula is C20H22F12O4S. The number of ether oxygens (including phenoxy) is 1. The van der Waals surface area contributed by atoms with Crippen LogP contribution in [0.4, 0.5) is 52.7 Å². The van der Waals surface area contributed by atoms with E-state index in [2.05, 4.69) is 4.74 Å². The molecule has 1 aromatic rings. The fraction of sp³-hybridized carbons (Fsp3) is 0.700. The van der Waals surface area contributed by atoms with E-state index in [0.717, 1.165) is 12.1 Å². The first-order valence-electron chi connectivity index (χ1n) is 9.88. The van der Waals surface area contributed by atoms with Gasteiger partial charge in [-0.25, -0.2) is 0 Å². The number of alkyl halides is 12. The van der Waals surface area contributed by atoms with Crippen LogP contribution in [0.15, 0.2) is 18.2 Å². The molecule has 1 rings (SSSR count). The minimum atomic E-state index is -8.18. The second-order valence-electron chi connectivity index (χ2n) is 10.1. The highest BCUT2D eigenvalue weighted by atomic mass is 32.2. The van der Waals surface area contributed by atoms with Gasteiger partial charge in [-0.15, -0.1) is 0 Å². The maximum Gasteiger partial charge on any atom is 0.471 e. The quantitative estimate of drug-likeness (QED) is 0.257. The number of rotatable bonds is 8. The number of hydrogen-bond acceptors (Lipinski definition) is 3. The lowest BCUT2D eigenvalue weighted by Crippen LogP contribution is -2.72. The van der Waals surface area contributed by atoms with Gasteiger partial charge in [0.2, 0.25) is 0 Å². The third kappa shape index (κ3) is 5.21. The van der Waals surface area contributed by atoms with Gasteiger partial charge in [0.15, 0.2) is 0 Å². The second-order valence-corrected chi connectivity index (χ2v) is 11.6. The normalized spacial score (nSPS) is 15.6. The van der Waals surface area contributed by atoms with Gasteiger partial charge in [-0.05, 0) is 22.5 Å². The lowest BCUT2D eigenvalue weighted by Gasteiger charge is -2.40. The summed E-state index contributed by atoms with van der Waals surface area (Å²) in [5, 5.41) is -7.50. The van der Waals surface area contributed by atoms with Crippen molar-refractivity contribution < 1.29 is 70.4 Å². The molecule has 0 aliphatic rings. The van der Waals surface area contributed by atoms with Crippen LogP contribution >= 0.6 is 0 Å². The predicted octanol–water partition coefficient (Wildman–Crippen LogP) is 7.28. The third-order valence-corrected chi connectivity index (χ3v) is 6.03. The molecule has 0 heterocycles. The van der Waals surface area contributed by atoms with E-state index < -0.39 is 61.8 Å². The molecule has 0 bridgehead atoms. The Balaban J connectivity index is 3.73. The molecule has 0 saturated heterocycles. The van der Waals surface area contributed by atoms with Crippen molar-refractivity contribution in [3.63, 3.8) is 0 Å². The Hall–Kier alpha value is -1.91. The molecule has 0 aliphatic heterocycles. The summed E-state index contributed by atoms with van der Waals surface area (Å²) in [7, 11) is -7.63. The van der Waals surface area contributed by atoms with E-state index in [9.17, 15) is 61.1 Å². The molecule has 0 amide bonds. The first kappa shape index (κ1) is 33.1. The summed E-state index contributed by atoms with van der Waals surface area (Å²) >= 11 is 0. The van der Waals surface area contributed by atoms with Gasteiger partial charge >= 0.3 is 45.2 Å². The molecule has 0 unspecified atom stereocenters. The van der Waals surface area contributed by atoms with Crippen molar-refractivity contribution in [2.45, 2.75) is 87.4 Å². The van der Waals surface area contributed by atoms with Gasteiger partial charge in [0.05, 0.1) is 0 Å². The number of benzene rings is 1. The molecule has 37 heavy (non-hydrogen) atoms. The van der Waals surface area contributed by atoms with Crippen LogP contribution in [0.2, 0.25) is 0 Å². The van der Waals surface area contributed by atoms with Crippen molar-refractivity contribution in [1.29, 1.82) is 0 Å². The first-order chi connectivity index (χ1) is 15.8. The summed E-state index contributed by atoms with van der Waals surface area (Å²) in [6, 6.07) is 2.78. The summed E-state index contributed by atoms with van der Waals surface area (Å²) in [5.41, 5.74) is -1.86. The Bertz CT molecular complexity index is 1120. The molecule has 1 N–H and O–H groups in total. The molecule has 216 valence electrons. The molecule has 0 fully saturated rings. The van der Waals surface area contributed by atoms with Crippen LogP contribution in [0.1, 0.15) is 52.7 Å². The Morgan fingerprint density at radius 3 is 1.41 bits per heavy atom. The van der Waals surface area contributed by atoms with Crippen molar-refractivity contribution >= 4 is 10.1 Å². The van der Waals surface area contributed by atoms with Crippen molar-refractivity contribution in [1.82, 2.24) is 0 Å². The van der Waals surface area contributed by atoms with E-state index in [0.29, 0.717) is 11.6 Å². The van der Waals surface area contributed by atoms with Crippen molar-refractivity contribution in [3.05, 3.63) is 29.3 Å². The standard InChI is InChI=1S/C20H22F12O4S/c1-13(2,3)10-7-8-12(11(9-10)14(4,5)6)36-19(29,30)17(25,26)15(21,22)16(23,24)18(27,28)20(31,32)37(33,34)35/h7-9H,1-6H3,(H,33,34,35). The molecule has 17 heteroatoms. The van der Waals surface area contributed by atoms with Crippen LogP contribution in [0.3, 0.4) is 0 Å². The minimum absolute atomic E-state index is 0.339. The van der Waals surface area contributed by atoms with E-state index in [1.807, 2.05) is 0 Å². The van der Waals surface area contributed by atoms with Crippen LogP contribution in [-0.4, -0.2) is 48.0 Å². The summed E-state index contributed by atoms with van der Waals surface area (Å²) in [6.07, 6.45) is -6.76. The average Bonchev–Trinajstić information content (AvgIpc) is 2.64. The molecular weight excluding hydrogens is 564 g/mol. The van der Waals surface area contributed by atoms with Crippen molar-refractivity contribution in [2.75, 3.05) is 0 Å². The Morgan fingerprint density at radius 1 is 0.649 bits per heavy atom. The largest absolute Gasteiger partial charge is 0.471 e. The van der Waals surface area contributed by atoms with Crippen LogP contribution in [0.25, 0.3) is 0 Å². The minimum Gasteiger partial charge on any atom is -0.428 e. The number of hydrogen-bond donors (Lipinski definition) is 1. The van der Waals surface area contributed by atoms with E-state index in [4.69, 9.17) is 4.55 Å². The lowest BCUT2D eigenvalue weighted by molar-refractivity contribution is -0.441. The highest BCUT2D eigenvalue weighted by Crippen LogP contribution is 2.61. The van der Waals surface area contributed by atoms with Gasteiger partial charge in [-0.2, -0.15) is 61.1 Å². The zero-order chi connectivity index (χ0) is 30.1. The van der Waals surface area contributed by atoms with Gasteiger partial charge in [-0.1, -0.05) is 53.7 Å².